The third kappa shape index (κ3) is 2.12. The number of nitrogens with zero attached hydrogens (tertiary/aromatic N) is 1. The van der Waals surface area contributed by atoms with Gasteiger partial charge in [0.25, 0.3) is 0 Å². The average molecular weight is 260 g/mol. The predicted octanol–water partition coefficient (Wildman–Crippen LogP) is 2.65. The Morgan fingerprint density at radius 2 is 2.00 bits per heavy atom. The summed E-state index contributed by atoms with van der Waals surface area (Å²) in [4.78, 5) is 0. The second kappa shape index (κ2) is 4.84. The third-order valence-corrected chi connectivity index (χ3v) is 3.11. The Morgan fingerprint density at radius 3 is 2.79 bits per heavy atom. The molecule has 0 saturated heterocycles. The standard InChI is InChI=1S/C14H16N2O3/c1-2-3-10-13(14(15)19-16-10)9-4-5-11-12(8-9)18-7-6-17-11/h4-5,8H,2-3,6-7,15H2,1H3. The van der Waals surface area contributed by atoms with Crippen LogP contribution in [0, 0.1) is 0 Å². The van der Waals surface area contributed by atoms with Crippen LogP contribution in [0.2, 0.25) is 0 Å². The van der Waals surface area contributed by atoms with Crippen LogP contribution in [-0.4, -0.2) is 18.4 Å². The quantitative estimate of drug-likeness (QED) is 0.918. The lowest BCUT2D eigenvalue weighted by Crippen LogP contribution is -2.15. The van der Waals surface area contributed by atoms with Gasteiger partial charge >= 0.3 is 0 Å². The van der Waals surface area contributed by atoms with Crippen LogP contribution in [0.25, 0.3) is 11.1 Å². The van der Waals surface area contributed by atoms with Gasteiger partial charge in [-0.3, -0.25) is 0 Å². The zero-order chi connectivity index (χ0) is 13.2. The Labute approximate surface area is 111 Å². The Kier molecular flexibility index (Phi) is 3.03. The summed E-state index contributed by atoms with van der Waals surface area (Å²) in [6.45, 7) is 3.25. The largest absolute Gasteiger partial charge is 0.486 e. The van der Waals surface area contributed by atoms with Crippen molar-refractivity contribution in [1.82, 2.24) is 5.16 Å². The number of benzene rings is 1. The van der Waals surface area contributed by atoms with Crippen LogP contribution in [0.5, 0.6) is 11.5 Å². The minimum Gasteiger partial charge on any atom is -0.486 e. The van der Waals surface area contributed by atoms with Crippen LogP contribution >= 0.6 is 0 Å². The Balaban J connectivity index is 2.04. The van der Waals surface area contributed by atoms with Crippen molar-refractivity contribution in [1.29, 1.82) is 0 Å². The number of hydrogen-bond acceptors (Lipinski definition) is 5. The molecule has 0 saturated carbocycles. The van der Waals surface area contributed by atoms with E-state index < -0.39 is 0 Å². The molecule has 0 atom stereocenters. The summed E-state index contributed by atoms with van der Waals surface area (Å²) in [5.41, 5.74) is 8.57. The maximum atomic E-state index is 5.88. The molecule has 0 unspecified atom stereocenters. The summed E-state index contributed by atoms with van der Waals surface area (Å²) in [6.07, 6.45) is 1.83. The molecule has 0 spiro atoms. The van der Waals surface area contributed by atoms with E-state index in [9.17, 15) is 0 Å². The molecule has 1 aromatic carbocycles. The van der Waals surface area contributed by atoms with Crippen LogP contribution < -0.4 is 15.2 Å². The molecule has 19 heavy (non-hydrogen) atoms. The minimum absolute atomic E-state index is 0.347. The van der Waals surface area contributed by atoms with Gasteiger partial charge in [0.1, 0.15) is 13.2 Å². The zero-order valence-electron chi connectivity index (χ0n) is 10.8. The molecule has 3 rings (SSSR count). The first-order valence-electron chi connectivity index (χ1n) is 6.43. The van der Waals surface area contributed by atoms with Crippen LogP contribution in [0.1, 0.15) is 19.0 Å². The van der Waals surface area contributed by atoms with E-state index in [0.29, 0.717) is 19.1 Å². The summed E-state index contributed by atoms with van der Waals surface area (Å²) < 4.78 is 16.2. The molecule has 1 aliphatic heterocycles. The van der Waals surface area contributed by atoms with E-state index in [4.69, 9.17) is 19.7 Å². The molecule has 0 fully saturated rings. The Bertz CT molecular complexity index is 592. The fourth-order valence-electron chi connectivity index (χ4n) is 2.25. The van der Waals surface area contributed by atoms with Gasteiger partial charge in [-0.2, -0.15) is 0 Å². The number of aryl methyl sites for hydroxylation is 1. The lowest BCUT2D eigenvalue weighted by molar-refractivity contribution is 0.171. The van der Waals surface area contributed by atoms with Crippen molar-refractivity contribution >= 4 is 5.88 Å². The number of rotatable bonds is 3. The van der Waals surface area contributed by atoms with Gasteiger partial charge in [0.15, 0.2) is 11.5 Å². The first kappa shape index (κ1) is 11.9. The zero-order valence-corrected chi connectivity index (χ0v) is 10.8. The molecule has 2 aromatic rings. The first-order chi connectivity index (χ1) is 9.29. The molecule has 1 aromatic heterocycles. The van der Waals surface area contributed by atoms with Crippen molar-refractivity contribution in [3.05, 3.63) is 23.9 Å². The molecule has 100 valence electrons. The number of fused-ring (bicyclic) bond motifs is 1. The molecule has 0 aliphatic carbocycles. The van der Waals surface area contributed by atoms with Gasteiger partial charge in [-0.25, -0.2) is 0 Å². The summed E-state index contributed by atoms with van der Waals surface area (Å²) in [5, 5.41) is 4.02. The van der Waals surface area contributed by atoms with E-state index in [1.807, 2.05) is 18.2 Å². The van der Waals surface area contributed by atoms with Crippen LogP contribution in [0.4, 0.5) is 5.88 Å². The average Bonchev–Trinajstić information content (AvgIpc) is 2.80. The fraction of sp³-hybridized carbons (Fsp3) is 0.357. The number of anilines is 1. The Hall–Kier alpha value is -2.17. The molecule has 2 heterocycles. The summed E-state index contributed by atoms with van der Waals surface area (Å²) in [6, 6.07) is 5.78. The van der Waals surface area contributed by atoms with E-state index in [1.54, 1.807) is 0 Å². The van der Waals surface area contributed by atoms with E-state index in [2.05, 4.69) is 12.1 Å². The molecular weight excluding hydrogens is 244 g/mol. The predicted molar refractivity (Wildman–Crippen MR) is 71.3 cm³/mol. The second-order valence-electron chi connectivity index (χ2n) is 4.48. The summed E-state index contributed by atoms with van der Waals surface area (Å²) in [7, 11) is 0. The van der Waals surface area contributed by atoms with Crippen molar-refractivity contribution in [3.63, 3.8) is 0 Å². The van der Waals surface area contributed by atoms with Gasteiger partial charge in [-0.05, 0) is 24.1 Å². The van der Waals surface area contributed by atoms with Crippen LogP contribution in [0.3, 0.4) is 0 Å². The molecule has 2 N–H and O–H groups in total. The van der Waals surface area contributed by atoms with Crippen molar-refractivity contribution in [2.45, 2.75) is 19.8 Å². The minimum atomic E-state index is 0.347. The van der Waals surface area contributed by atoms with E-state index >= 15 is 0 Å². The van der Waals surface area contributed by atoms with Gasteiger partial charge in [-0.1, -0.05) is 24.6 Å². The molecule has 0 radical (unpaired) electrons. The maximum Gasteiger partial charge on any atom is 0.230 e. The molecular formula is C14H16N2O3. The fourth-order valence-corrected chi connectivity index (χ4v) is 2.25. The molecule has 0 bridgehead atoms. The van der Waals surface area contributed by atoms with Crippen LogP contribution in [-0.2, 0) is 6.42 Å². The van der Waals surface area contributed by atoms with Crippen LogP contribution in [0.15, 0.2) is 22.7 Å². The SMILES string of the molecule is CCCc1noc(N)c1-c1ccc2c(c1)OCCO2. The van der Waals surface area contributed by atoms with E-state index in [1.165, 1.54) is 0 Å². The van der Waals surface area contributed by atoms with Crippen molar-refractivity contribution in [3.8, 4) is 22.6 Å². The maximum absolute atomic E-state index is 5.88. The van der Waals surface area contributed by atoms with Crippen molar-refractivity contribution in [2.75, 3.05) is 18.9 Å². The lowest BCUT2D eigenvalue weighted by atomic mass is 10.0. The van der Waals surface area contributed by atoms with E-state index in [0.717, 1.165) is 41.2 Å². The lowest BCUT2D eigenvalue weighted by Gasteiger charge is -2.18. The smallest absolute Gasteiger partial charge is 0.230 e. The van der Waals surface area contributed by atoms with Gasteiger partial charge in [0.2, 0.25) is 5.88 Å². The van der Waals surface area contributed by atoms with Gasteiger partial charge < -0.3 is 19.7 Å². The van der Waals surface area contributed by atoms with Crippen molar-refractivity contribution in [2.24, 2.45) is 0 Å². The number of nitrogen functional groups attached to an aromatic ring is 1. The van der Waals surface area contributed by atoms with E-state index in [-0.39, 0.29) is 0 Å². The number of ether oxygens (including phenoxy) is 2. The monoisotopic (exact) mass is 260 g/mol. The van der Waals surface area contributed by atoms with Gasteiger partial charge in [0, 0.05) is 0 Å². The topological polar surface area (TPSA) is 70.5 Å². The van der Waals surface area contributed by atoms with Gasteiger partial charge in [0.05, 0.1) is 11.3 Å². The number of aromatic nitrogens is 1. The number of hydrogen-bond donors (Lipinski definition) is 1. The second-order valence-corrected chi connectivity index (χ2v) is 4.48. The highest BCUT2D eigenvalue weighted by Gasteiger charge is 2.18. The normalized spacial score (nSPS) is 13.5. The van der Waals surface area contributed by atoms with Gasteiger partial charge in [-0.15, -0.1) is 0 Å². The molecule has 5 nitrogen and oxygen atoms in total. The van der Waals surface area contributed by atoms with Crippen molar-refractivity contribution < 1.29 is 14.0 Å². The first-order valence-corrected chi connectivity index (χ1v) is 6.43. The Morgan fingerprint density at radius 1 is 1.21 bits per heavy atom. The highest BCUT2D eigenvalue weighted by Crippen LogP contribution is 2.37. The summed E-state index contributed by atoms with van der Waals surface area (Å²) in [5.74, 6) is 1.86. The molecule has 1 aliphatic rings. The highest BCUT2D eigenvalue weighted by atomic mass is 16.6. The number of nitrogens with two attached hydrogens (primary N) is 1. The third-order valence-electron chi connectivity index (χ3n) is 3.11. The summed E-state index contributed by atoms with van der Waals surface area (Å²) >= 11 is 0. The molecule has 0 amide bonds. The highest BCUT2D eigenvalue weighted by molar-refractivity contribution is 5.77. The molecule has 5 heteroatoms.